The van der Waals surface area contributed by atoms with Gasteiger partial charge in [0, 0.05) is 11.4 Å². The molecule has 0 radical (unpaired) electrons. The van der Waals surface area contributed by atoms with Gasteiger partial charge in [-0.2, -0.15) is 5.26 Å². The van der Waals surface area contributed by atoms with Gasteiger partial charge in [-0.25, -0.2) is 4.98 Å². The fourth-order valence-corrected chi connectivity index (χ4v) is 3.96. The van der Waals surface area contributed by atoms with Gasteiger partial charge in [0.15, 0.2) is 0 Å². The molecule has 0 aliphatic carbocycles. The van der Waals surface area contributed by atoms with Gasteiger partial charge >= 0.3 is 0 Å². The van der Waals surface area contributed by atoms with Gasteiger partial charge in [0.05, 0.1) is 11.3 Å². The summed E-state index contributed by atoms with van der Waals surface area (Å²) in [6.45, 7) is 5.81. The van der Waals surface area contributed by atoms with E-state index < -0.39 is 0 Å². The minimum atomic E-state index is -0.114. The van der Waals surface area contributed by atoms with Gasteiger partial charge in [-0.05, 0) is 55.5 Å². The lowest BCUT2D eigenvalue weighted by atomic mass is 10.0. The van der Waals surface area contributed by atoms with Gasteiger partial charge < -0.3 is 5.32 Å². The van der Waals surface area contributed by atoms with Crippen molar-refractivity contribution >= 4 is 23.4 Å². The Kier molecular flexibility index (Phi) is 6.69. The fraction of sp³-hybridized carbons (Fsp3) is 0.208. The van der Waals surface area contributed by atoms with Crippen molar-refractivity contribution in [3.8, 4) is 6.07 Å². The van der Waals surface area contributed by atoms with Gasteiger partial charge in [-0.1, -0.05) is 60.3 Å². The summed E-state index contributed by atoms with van der Waals surface area (Å²) in [5, 5.41) is 13.1. The maximum Gasteiger partial charge on any atom is 0.234 e. The van der Waals surface area contributed by atoms with Crippen LogP contribution in [0.3, 0.4) is 0 Å². The number of rotatable bonds is 6. The van der Waals surface area contributed by atoms with E-state index >= 15 is 0 Å². The number of nitriles is 1. The molecule has 1 N–H and O–H groups in total. The Bertz CT molecular complexity index is 1070. The summed E-state index contributed by atoms with van der Waals surface area (Å²) in [5.41, 5.74) is 6.45. The number of anilines is 1. The van der Waals surface area contributed by atoms with Crippen molar-refractivity contribution in [3.05, 3.63) is 88.1 Å². The van der Waals surface area contributed by atoms with E-state index in [0.29, 0.717) is 10.6 Å². The van der Waals surface area contributed by atoms with Crippen LogP contribution in [0.4, 0.5) is 5.69 Å². The van der Waals surface area contributed by atoms with Crippen molar-refractivity contribution in [1.29, 1.82) is 5.26 Å². The molecule has 0 saturated carbocycles. The summed E-state index contributed by atoms with van der Waals surface area (Å²) in [7, 11) is 0. The highest BCUT2D eigenvalue weighted by Gasteiger charge is 2.15. The number of benzene rings is 2. The zero-order chi connectivity index (χ0) is 20.8. The number of aromatic nitrogens is 1. The van der Waals surface area contributed by atoms with Crippen molar-refractivity contribution in [2.45, 2.75) is 32.2 Å². The fourth-order valence-electron chi connectivity index (χ4n) is 3.08. The summed E-state index contributed by atoms with van der Waals surface area (Å²) in [5.74, 6) is 0.0839. The van der Waals surface area contributed by atoms with Gasteiger partial charge in [-0.3, -0.25) is 4.79 Å². The molecular formula is C24H23N3OS. The number of hydrogen-bond donors (Lipinski definition) is 1. The monoisotopic (exact) mass is 401 g/mol. The Morgan fingerprint density at radius 2 is 1.72 bits per heavy atom. The Hall–Kier alpha value is -3.10. The first-order valence-corrected chi connectivity index (χ1v) is 10.4. The minimum Gasteiger partial charge on any atom is -0.325 e. The zero-order valence-electron chi connectivity index (χ0n) is 16.8. The summed E-state index contributed by atoms with van der Waals surface area (Å²) < 4.78 is 0. The molecule has 0 unspecified atom stereocenters. The third kappa shape index (κ3) is 5.04. The van der Waals surface area contributed by atoms with Crippen LogP contribution in [0.2, 0.25) is 0 Å². The lowest BCUT2D eigenvalue weighted by Gasteiger charge is -2.13. The molecule has 29 heavy (non-hydrogen) atoms. The highest BCUT2D eigenvalue weighted by atomic mass is 32.2. The quantitative estimate of drug-likeness (QED) is 0.577. The molecule has 0 aliphatic heterocycles. The molecule has 0 aliphatic rings. The van der Waals surface area contributed by atoms with Crippen molar-refractivity contribution in [2.24, 2.45) is 0 Å². The normalized spacial score (nSPS) is 10.4. The molecule has 0 spiro atoms. The number of nitrogens with one attached hydrogen (secondary N) is 1. The first-order valence-electron chi connectivity index (χ1n) is 9.42. The van der Waals surface area contributed by atoms with Crippen LogP contribution in [0.1, 0.15) is 33.5 Å². The maximum absolute atomic E-state index is 12.6. The SMILES string of the molecule is Cc1nc(SCC(=O)Nc2ccccc2Cc2ccccc2)c(C#N)c(C)c1C. The number of para-hydroxylation sites is 1. The number of aryl methyl sites for hydroxylation is 1. The molecule has 1 aromatic heterocycles. The first kappa shape index (κ1) is 20.6. The zero-order valence-corrected chi connectivity index (χ0v) is 17.6. The second-order valence-electron chi connectivity index (χ2n) is 6.90. The molecule has 146 valence electrons. The molecule has 3 rings (SSSR count). The van der Waals surface area contributed by atoms with Crippen molar-refractivity contribution in [2.75, 3.05) is 11.1 Å². The summed E-state index contributed by atoms with van der Waals surface area (Å²) in [4.78, 5) is 17.1. The average Bonchev–Trinajstić information content (AvgIpc) is 2.73. The lowest BCUT2D eigenvalue weighted by Crippen LogP contribution is -2.16. The molecule has 2 aromatic carbocycles. The van der Waals surface area contributed by atoms with Gasteiger partial charge in [0.2, 0.25) is 5.91 Å². The number of thioether (sulfide) groups is 1. The second-order valence-corrected chi connectivity index (χ2v) is 7.86. The lowest BCUT2D eigenvalue weighted by molar-refractivity contribution is -0.113. The van der Waals surface area contributed by atoms with Crippen LogP contribution in [0.15, 0.2) is 59.6 Å². The predicted octanol–water partition coefficient (Wildman–Crippen LogP) is 5.20. The summed E-state index contributed by atoms with van der Waals surface area (Å²) >= 11 is 1.30. The Morgan fingerprint density at radius 3 is 2.45 bits per heavy atom. The van der Waals surface area contributed by atoms with Crippen LogP contribution in [0.25, 0.3) is 0 Å². The molecule has 0 fully saturated rings. The van der Waals surface area contributed by atoms with Crippen molar-refractivity contribution in [1.82, 2.24) is 4.98 Å². The number of carbonyl (C=O) groups is 1. The van der Waals surface area contributed by atoms with Crippen LogP contribution < -0.4 is 5.32 Å². The van der Waals surface area contributed by atoms with Crippen LogP contribution in [-0.2, 0) is 11.2 Å². The molecule has 1 heterocycles. The molecule has 0 bridgehead atoms. The molecular weight excluding hydrogens is 378 g/mol. The first-order chi connectivity index (χ1) is 14.0. The minimum absolute atomic E-state index is 0.114. The van der Waals surface area contributed by atoms with Crippen LogP contribution in [-0.4, -0.2) is 16.6 Å². The predicted molar refractivity (Wildman–Crippen MR) is 118 cm³/mol. The number of pyridine rings is 1. The summed E-state index contributed by atoms with van der Waals surface area (Å²) in [6, 6.07) is 20.2. The van der Waals surface area contributed by atoms with Crippen molar-refractivity contribution in [3.63, 3.8) is 0 Å². The van der Waals surface area contributed by atoms with Crippen LogP contribution in [0.5, 0.6) is 0 Å². The molecule has 0 saturated heterocycles. The van der Waals surface area contributed by atoms with E-state index in [1.165, 1.54) is 17.3 Å². The van der Waals surface area contributed by atoms with Gasteiger partial charge in [0.1, 0.15) is 11.1 Å². The van der Waals surface area contributed by atoms with E-state index in [4.69, 9.17) is 0 Å². The Balaban J connectivity index is 1.71. The van der Waals surface area contributed by atoms with E-state index in [0.717, 1.165) is 34.5 Å². The Morgan fingerprint density at radius 1 is 1.03 bits per heavy atom. The highest BCUT2D eigenvalue weighted by Crippen LogP contribution is 2.27. The second kappa shape index (κ2) is 9.40. The largest absolute Gasteiger partial charge is 0.325 e. The third-order valence-corrected chi connectivity index (χ3v) is 5.92. The third-order valence-electron chi connectivity index (χ3n) is 4.94. The smallest absolute Gasteiger partial charge is 0.234 e. The standard InChI is InChI=1S/C24H23N3OS/c1-16-17(2)21(14-25)24(26-18(16)3)29-15-23(28)27-22-12-8-7-11-20(22)13-19-9-5-4-6-10-19/h4-12H,13,15H2,1-3H3,(H,27,28). The van der Waals surface area contributed by atoms with E-state index in [1.807, 2.05) is 63.2 Å². The topological polar surface area (TPSA) is 65.8 Å². The molecule has 3 aromatic rings. The number of amides is 1. The molecule has 0 atom stereocenters. The van der Waals surface area contributed by atoms with Crippen LogP contribution in [0, 0.1) is 32.1 Å². The maximum atomic E-state index is 12.6. The number of nitrogens with zero attached hydrogens (tertiary/aromatic N) is 2. The Labute approximate surface area is 176 Å². The van der Waals surface area contributed by atoms with E-state index in [2.05, 4.69) is 28.5 Å². The molecule has 4 nitrogen and oxygen atoms in total. The average molecular weight is 402 g/mol. The number of carbonyl (C=O) groups excluding carboxylic acids is 1. The van der Waals surface area contributed by atoms with E-state index in [-0.39, 0.29) is 11.7 Å². The van der Waals surface area contributed by atoms with E-state index in [1.54, 1.807) is 0 Å². The highest BCUT2D eigenvalue weighted by molar-refractivity contribution is 8.00. The van der Waals surface area contributed by atoms with E-state index in [9.17, 15) is 10.1 Å². The summed E-state index contributed by atoms with van der Waals surface area (Å²) in [6.07, 6.45) is 0.751. The number of hydrogen-bond acceptors (Lipinski definition) is 4. The van der Waals surface area contributed by atoms with Gasteiger partial charge in [0.25, 0.3) is 0 Å². The van der Waals surface area contributed by atoms with Gasteiger partial charge in [-0.15, -0.1) is 0 Å². The molecule has 5 heteroatoms. The van der Waals surface area contributed by atoms with Crippen LogP contribution >= 0.6 is 11.8 Å². The molecule has 1 amide bonds. The van der Waals surface area contributed by atoms with Crippen molar-refractivity contribution < 1.29 is 4.79 Å².